The van der Waals surface area contributed by atoms with Crippen LogP contribution in [0, 0.1) is 5.41 Å². The van der Waals surface area contributed by atoms with Crippen molar-refractivity contribution in [1.29, 1.82) is 5.41 Å². The van der Waals surface area contributed by atoms with Crippen LogP contribution in [0.4, 0.5) is 0 Å². The molecule has 0 atom stereocenters. The topological polar surface area (TPSA) is 98.4 Å². The van der Waals surface area contributed by atoms with Crippen molar-refractivity contribution in [3.63, 3.8) is 0 Å². The first-order chi connectivity index (χ1) is 9.72. The Hall–Kier alpha value is -1.31. The van der Waals surface area contributed by atoms with E-state index < -0.39 is 0 Å². The third-order valence-corrected chi connectivity index (χ3v) is 3.83. The van der Waals surface area contributed by atoms with Crippen LogP contribution in [0.3, 0.4) is 0 Å². The van der Waals surface area contributed by atoms with Gasteiger partial charge in [0.25, 0.3) is 0 Å². The number of hydrazine groups is 1. The predicted octanol–water partition coefficient (Wildman–Crippen LogP) is -0.668. The van der Waals surface area contributed by atoms with Crippen molar-refractivity contribution < 1.29 is 4.74 Å². The monoisotopic (exact) mass is 282 g/mol. The van der Waals surface area contributed by atoms with Gasteiger partial charge in [-0.05, 0) is 32.9 Å². The molecule has 0 saturated carbocycles. The van der Waals surface area contributed by atoms with E-state index in [1.54, 1.807) is 0 Å². The van der Waals surface area contributed by atoms with Crippen LogP contribution >= 0.6 is 0 Å². The molecule has 7 nitrogen and oxygen atoms in total. The maximum Gasteiger partial charge on any atom is 0.208 e. The van der Waals surface area contributed by atoms with Crippen molar-refractivity contribution in [2.45, 2.75) is 25.9 Å². The lowest BCUT2D eigenvalue weighted by Crippen LogP contribution is -2.47. The predicted molar refractivity (Wildman–Crippen MR) is 79.2 cm³/mol. The fourth-order valence-corrected chi connectivity index (χ4v) is 2.54. The summed E-state index contributed by atoms with van der Waals surface area (Å²) in [4.78, 5) is 2.05. The zero-order valence-corrected chi connectivity index (χ0v) is 12.2. The SMILES string of the molecule is C/C(C(=N)N1CCNCC1)=C(/NN)OC1CCNCC1. The van der Waals surface area contributed by atoms with Crippen LogP contribution in [0.15, 0.2) is 11.5 Å². The number of hydrogen-bond acceptors (Lipinski definition) is 6. The van der Waals surface area contributed by atoms with E-state index in [4.69, 9.17) is 16.0 Å². The second kappa shape index (κ2) is 7.47. The molecule has 0 aromatic heterocycles. The normalized spacial score (nSPS) is 22.2. The Morgan fingerprint density at radius 1 is 1.20 bits per heavy atom. The van der Waals surface area contributed by atoms with Gasteiger partial charge in [-0.15, -0.1) is 0 Å². The summed E-state index contributed by atoms with van der Waals surface area (Å²) in [5, 5.41) is 14.9. The third-order valence-electron chi connectivity index (χ3n) is 3.83. The van der Waals surface area contributed by atoms with Crippen molar-refractivity contribution in [1.82, 2.24) is 21.0 Å². The Balaban J connectivity index is 1.99. The van der Waals surface area contributed by atoms with E-state index in [0.29, 0.717) is 11.7 Å². The summed E-state index contributed by atoms with van der Waals surface area (Å²) in [7, 11) is 0. The lowest BCUT2D eigenvalue weighted by molar-refractivity contribution is 0.0743. The second-order valence-electron chi connectivity index (χ2n) is 5.25. The molecule has 0 aliphatic carbocycles. The van der Waals surface area contributed by atoms with Crippen LogP contribution in [0.2, 0.25) is 0 Å². The van der Waals surface area contributed by atoms with E-state index in [1.807, 2.05) is 6.92 Å². The quantitative estimate of drug-likeness (QED) is 0.154. The maximum atomic E-state index is 8.29. The largest absolute Gasteiger partial charge is 0.475 e. The number of nitrogens with two attached hydrogens (primary N) is 1. The molecule has 6 N–H and O–H groups in total. The van der Waals surface area contributed by atoms with Gasteiger partial charge in [-0.2, -0.15) is 0 Å². The second-order valence-corrected chi connectivity index (χ2v) is 5.25. The number of piperazine rings is 1. The first-order valence-electron chi connectivity index (χ1n) is 7.32. The molecule has 2 aliphatic heterocycles. The molecule has 0 spiro atoms. The molecule has 7 heteroatoms. The average molecular weight is 282 g/mol. The van der Waals surface area contributed by atoms with Crippen LogP contribution < -0.4 is 21.9 Å². The molecular weight excluding hydrogens is 256 g/mol. The van der Waals surface area contributed by atoms with Crippen molar-refractivity contribution in [2.75, 3.05) is 39.3 Å². The molecular formula is C13H26N6O. The summed E-state index contributed by atoms with van der Waals surface area (Å²) in [6.07, 6.45) is 2.12. The van der Waals surface area contributed by atoms with Crippen molar-refractivity contribution in [3.8, 4) is 0 Å². The van der Waals surface area contributed by atoms with Crippen LogP contribution in [-0.4, -0.2) is 56.1 Å². The van der Waals surface area contributed by atoms with Gasteiger partial charge in [-0.25, -0.2) is 5.84 Å². The standard InChI is InChI=1S/C13H26N6O/c1-10(12(14)19-8-6-17-7-9-19)13(18-15)20-11-2-4-16-5-3-11/h11,14,16-18H,2-9,15H2,1H3/b13-10+,14-12?. The average Bonchev–Trinajstić information content (AvgIpc) is 2.53. The van der Waals surface area contributed by atoms with Crippen LogP contribution in [0.5, 0.6) is 0 Å². The number of amidine groups is 1. The zero-order chi connectivity index (χ0) is 14.4. The first-order valence-corrected chi connectivity index (χ1v) is 7.32. The molecule has 0 bridgehead atoms. The van der Waals surface area contributed by atoms with Gasteiger partial charge in [-0.3, -0.25) is 10.8 Å². The molecule has 0 amide bonds. The van der Waals surface area contributed by atoms with Crippen molar-refractivity contribution in [3.05, 3.63) is 11.5 Å². The molecule has 0 aromatic carbocycles. The number of piperidine rings is 1. The minimum absolute atomic E-state index is 0.174. The fourth-order valence-electron chi connectivity index (χ4n) is 2.54. The molecule has 2 heterocycles. The molecule has 0 radical (unpaired) electrons. The Kier molecular flexibility index (Phi) is 5.63. The zero-order valence-electron chi connectivity index (χ0n) is 12.2. The number of nitrogens with one attached hydrogen (secondary N) is 4. The van der Waals surface area contributed by atoms with Gasteiger partial charge >= 0.3 is 0 Å². The van der Waals surface area contributed by atoms with E-state index in [1.165, 1.54) is 0 Å². The highest BCUT2D eigenvalue weighted by Gasteiger charge is 2.20. The lowest BCUT2D eigenvalue weighted by atomic mass is 10.1. The van der Waals surface area contributed by atoms with Gasteiger partial charge in [0.15, 0.2) is 0 Å². The Bertz CT molecular complexity index is 358. The van der Waals surface area contributed by atoms with Crippen LogP contribution in [0.25, 0.3) is 0 Å². The smallest absolute Gasteiger partial charge is 0.208 e. The van der Waals surface area contributed by atoms with E-state index in [9.17, 15) is 0 Å². The van der Waals surface area contributed by atoms with Crippen LogP contribution in [0.1, 0.15) is 19.8 Å². The third kappa shape index (κ3) is 3.84. The van der Waals surface area contributed by atoms with Crippen molar-refractivity contribution >= 4 is 5.84 Å². The summed E-state index contributed by atoms with van der Waals surface area (Å²) >= 11 is 0. The van der Waals surface area contributed by atoms with E-state index in [0.717, 1.165) is 57.7 Å². The lowest BCUT2D eigenvalue weighted by Gasteiger charge is -2.31. The van der Waals surface area contributed by atoms with Crippen molar-refractivity contribution in [2.24, 2.45) is 5.84 Å². The summed E-state index contributed by atoms with van der Waals surface area (Å²) in [5.74, 6) is 6.60. The molecule has 0 unspecified atom stereocenters. The summed E-state index contributed by atoms with van der Waals surface area (Å²) in [6, 6.07) is 0. The first kappa shape index (κ1) is 15.1. The molecule has 2 saturated heterocycles. The molecule has 2 aliphatic rings. The van der Waals surface area contributed by atoms with Gasteiger partial charge in [0, 0.05) is 26.2 Å². The van der Waals surface area contributed by atoms with Gasteiger partial charge < -0.3 is 20.3 Å². The molecule has 2 fully saturated rings. The highest BCUT2D eigenvalue weighted by atomic mass is 16.5. The highest BCUT2D eigenvalue weighted by molar-refractivity contribution is 5.95. The van der Waals surface area contributed by atoms with E-state index in [-0.39, 0.29) is 6.10 Å². The number of hydrogen-bond donors (Lipinski definition) is 5. The maximum absolute atomic E-state index is 8.29. The minimum atomic E-state index is 0.174. The Morgan fingerprint density at radius 3 is 2.40 bits per heavy atom. The summed E-state index contributed by atoms with van der Waals surface area (Å²) < 4.78 is 5.93. The van der Waals surface area contributed by atoms with Gasteiger partial charge in [0.1, 0.15) is 11.9 Å². The molecule has 114 valence electrons. The Morgan fingerprint density at radius 2 is 1.80 bits per heavy atom. The summed E-state index contributed by atoms with van der Waals surface area (Å²) in [5.41, 5.74) is 3.39. The Labute approximate surface area is 120 Å². The molecule has 0 aromatic rings. The van der Waals surface area contributed by atoms with Gasteiger partial charge in [0.05, 0.1) is 5.57 Å². The number of nitrogens with zero attached hydrogens (tertiary/aromatic N) is 1. The summed E-state index contributed by atoms with van der Waals surface area (Å²) in [6.45, 7) is 7.35. The van der Waals surface area contributed by atoms with Gasteiger partial charge in [-0.1, -0.05) is 0 Å². The number of rotatable bonds is 4. The van der Waals surface area contributed by atoms with Gasteiger partial charge in [0.2, 0.25) is 5.88 Å². The van der Waals surface area contributed by atoms with E-state index in [2.05, 4.69) is 21.0 Å². The number of ether oxygens (including phenoxy) is 1. The highest BCUT2D eigenvalue weighted by Crippen LogP contribution is 2.15. The minimum Gasteiger partial charge on any atom is -0.475 e. The van der Waals surface area contributed by atoms with Crippen LogP contribution in [-0.2, 0) is 4.74 Å². The molecule has 2 rings (SSSR count). The molecule has 20 heavy (non-hydrogen) atoms. The fraction of sp³-hybridized carbons (Fsp3) is 0.769. The van der Waals surface area contributed by atoms with E-state index >= 15 is 0 Å².